The number of aliphatic hydroxyl groups excluding tert-OH is 3. The number of amides is 1. The van der Waals surface area contributed by atoms with Crippen molar-refractivity contribution in [3.8, 4) is 29.3 Å². The van der Waals surface area contributed by atoms with Crippen molar-refractivity contribution in [2.24, 2.45) is 0 Å². The van der Waals surface area contributed by atoms with E-state index in [9.17, 15) is 30.0 Å². The summed E-state index contributed by atoms with van der Waals surface area (Å²) < 4.78 is 22.7. The molecular weight excluding hydrogens is 546 g/mol. The van der Waals surface area contributed by atoms with Crippen LogP contribution >= 0.6 is 0 Å². The summed E-state index contributed by atoms with van der Waals surface area (Å²) in [7, 11) is 1.45. The molecule has 3 heterocycles. The van der Waals surface area contributed by atoms with Gasteiger partial charge in [0.2, 0.25) is 6.29 Å². The first kappa shape index (κ1) is 27.8. The second kappa shape index (κ2) is 10.8. The summed E-state index contributed by atoms with van der Waals surface area (Å²) in [4.78, 5) is 28.3. The average Bonchev–Trinajstić information content (AvgIpc) is 3.28. The van der Waals surface area contributed by atoms with E-state index in [2.05, 4.69) is 12.0 Å². The summed E-state index contributed by atoms with van der Waals surface area (Å²) in [6, 6.07) is 10.0. The molecule has 0 aliphatic carbocycles. The fourth-order valence-electron chi connectivity index (χ4n) is 5.81. The zero-order valence-electron chi connectivity index (χ0n) is 22.9. The first-order valence-electron chi connectivity index (χ1n) is 13.4. The van der Waals surface area contributed by atoms with Gasteiger partial charge in [-0.3, -0.25) is 9.59 Å². The summed E-state index contributed by atoms with van der Waals surface area (Å²) in [5, 5.41) is 43.9. The van der Waals surface area contributed by atoms with Crippen LogP contribution in [-0.2, 0) is 22.4 Å². The summed E-state index contributed by atoms with van der Waals surface area (Å²) >= 11 is 0. The van der Waals surface area contributed by atoms with E-state index in [1.807, 2.05) is 6.07 Å². The molecule has 11 nitrogen and oxygen atoms in total. The molecule has 6 rings (SSSR count). The number of methoxy groups -OCH3 is 1. The monoisotopic (exact) mass is 575 g/mol. The van der Waals surface area contributed by atoms with Crippen LogP contribution in [0.1, 0.15) is 37.4 Å². The first-order chi connectivity index (χ1) is 20.2. The molecule has 42 heavy (non-hydrogen) atoms. The number of aromatic hydroxyl groups is 1. The smallest absolute Gasteiger partial charge is 0.254 e. The van der Waals surface area contributed by atoms with Crippen molar-refractivity contribution in [1.29, 1.82) is 0 Å². The Morgan fingerprint density at radius 1 is 1.12 bits per heavy atom. The van der Waals surface area contributed by atoms with Crippen LogP contribution in [0.4, 0.5) is 0 Å². The molecule has 3 aromatic rings. The molecule has 3 aliphatic heterocycles. The van der Waals surface area contributed by atoms with Gasteiger partial charge < -0.3 is 44.3 Å². The number of aryl methyl sites for hydroxylation is 1. The van der Waals surface area contributed by atoms with Crippen molar-refractivity contribution in [2.75, 3.05) is 20.3 Å². The molecule has 11 heteroatoms. The second-order valence-electron chi connectivity index (χ2n) is 10.5. The van der Waals surface area contributed by atoms with Gasteiger partial charge in [-0.25, -0.2) is 0 Å². The van der Waals surface area contributed by atoms with Crippen molar-refractivity contribution in [1.82, 2.24) is 4.90 Å². The van der Waals surface area contributed by atoms with Crippen LogP contribution in [0.15, 0.2) is 36.4 Å². The second-order valence-corrected chi connectivity index (χ2v) is 10.5. The molecule has 3 aliphatic rings. The van der Waals surface area contributed by atoms with Crippen molar-refractivity contribution in [3.63, 3.8) is 0 Å². The summed E-state index contributed by atoms with van der Waals surface area (Å²) in [6.45, 7) is 0.994. The van der Waals surface area contributed by atoms with Crippen LogP contribution in [0, 0.1) is 19.0 Å². The number of nitrogens with zero attached hydrogens (tertiary/aromatic N) is 1. The number of ketones is 1. The van der Waals surface area contributed by atoms with Crippen molar-refractivity contribution < 1.29 is 49.0 Å². The number of ether oxygens (including phenoxy) is 4. The van der Waals surface area contributed by atoms with Crippen LogP contribution in [0.3, 0.4) is 0 Å². The van der Waals surface area contributed by atoms with Crippen LogP contribution in [0.25, 0.3) is 10.8 Å². The molecule has 0 unspecified atom stereocenters. The average molecular weight is 576 g/mol. The van der Waals surface area contributed by atoms with Crippen LogP contribution < -0.4 is 9.47 Å². The molecular formula is C31H29NO10. The normalized spacial score (nSPS) is 25.3. The van der Waals surface area contributed by atoms with E-state index in [4.69, 9.17) is 18.9 Å². The maximum Gasteiger partial charge on any atom is 0.254 e. The van der Waals surface area contributed by atoms with Crippen LogP contribution in [-0.4, -0.2) is 88.0 Å². The Morgan fingerprint density at radius 3 is 2.69 bits per heavy atom. The number of fused-ring (bicyclic) bond motifs is 4. The van der Waals surface area contributed by atoms with Gasteiger partial charge in [-0.15, -0.1) is 0 Å². The lowest BCUT2D eigenvalue weighted by Crippen LogP contribution is -2.60. The van der Waals surface area contributed by atoms with E-state index >= 15 is 0 Å². The number of carbonyl (C=O) groups is 2. The number of phenolic OH excluding ortho intramolecular Hbond substituents is 1. The summed E-state index contributed by atoms with van der Waals surface area (Å²) in [5.74, 6) is 2.08. The summed E-state index contributed by atoms with van der Waals surface area (Å²) in [6.07, 6.45) is -4.27. The van der Waals surface area contributed by atoms with Crippen LogP contribution in [0.2, 0.25) is 0 Å². The molecule has 218 valence electrons. The molecule has 0 aromatic heterocycles. The van der Waals surface area contributed by atoms with E-state index < -0.39 is 43.1 Å². The number of rotatable bonds is 2. The highest BCUT2D eigenvalue weighted by atomic mass is 16.7. The Bertz CT molecular complexity index is 1660. The number of benzene rings is 3. The Kier molecular flexibility index (Phi) is 7.16. The topological polar surface area (TPSA) is 155 Å². The predicted octanol–water partition coefficient (Wildman–Crippen LogP) is 1.42. The molecule has 0 radical (unpaired) electrons. The van der Waals surface area contributed by atoms with E-state index in [0.29, 0.717) is 22.3 Å². The van der Waals surface area contributed by atoms with E-state index in [1.165, 1.54) is 18.1 Å². The fraction of sp³-hybridized carbons (Fsp3) is 0.355. The highest BCUT2D eigenvalue weighted by molar-refractivity contribution is 6.10. The molecule has 0 spiro atoms. The Balaban J connectivity index is 1.52. The number of carbonyl (C=O) groups excluding carboxylic acids is 2. The molecule has 5 atom stereocenters. The van der Waals surface area contributed by atoms with Gasteiger partial charge in [0.15, 0.2) is 18.0 Å². The Hall–Kier alpha value is -4.34. The number of aliphatic hydroxyl groups is 3. The third kappa shape index (κ3) is 4.59. The Labute approximate surface area is 240 Å². The molecule has 1 fully saturated rings. The van der Waals surface area contributed by atoms with Crippen LogP contribution in [0.5, 0.6) is 17.2 Å². The van der Waals surface area contributed by atoms with Crippen molar-refractivity contribution >= 4 is 22.5 Å². The zero-order chi connectivity index (χ0) is 29.7. The maximum atomic E-state index is 13.7. The lowest BCUT2D eigenvalue weighted by Gasteiger charge is -2.40. The van der Waals surface area contributed by atoms with Crippen molar-refractivity contribution in [3.05, 3.63) is 64.2 Å². The minimum Gasteiger partial charge on any atom is -0.506 e. The molecule has 0 saturated carbocycles. The quantitative estimate of drug-likeness (QED) is 0.330. The molecule has 6 bridgehead atoms. The highest BCUT2D eigenvalue weighted by Crippen LogP contribution is 2.42. The summed E-state index contributed by atoms with van der Waals surface area (Å²) in [5.41, 5.74) is 2.46. The van der Waals surface area contributed by atoms with Gasteiger partial charge in [0.25, 0.3) is 5.91 Å². The largest absolute Gasteiger partial charge is 0.506 e. The molecule has 1 saturated heterocycles. The molecule has 4 N–H and O–H groups in total. The minimum absolute atomic E-state index is 0.00766. The van der Waals surface area contributed by atoms with Gasteiger partial charge in [-0.05, 0) is 41.1 Å². The maximum absolute atomic E-state index is 13.7. The fourth-order valence-corrected chi connectivity index (χ4v) is 5.81. The third-order valence-electron chi connectivity index (χ3n) is 7.95. The highest BCUT2D eigenvalue weighted by Gasteiger charge is 2.47. The standard InChI is InChI=1S/C31H29NO10/c1-15-9-17-10-18(39-2)11-22-25(17)27(36)24(15)21(34)13-32-12-20-16(5-3-7-19(20)30(32)38)6-4-8-40-29-26(35)23(14-33)42-31(41-22)28(29)37/h3,5,7,9-11,23,26,28-29,31,33,35-37H,6,12-14H2,1-2H3/t23-,26-,28-,29-,31+/m1/s1. The van der Waals surface area contributed by atoms with Gasteiger partial charge >= 0.3 is 0 Å². The van der Waals surface area contributed by atoms with Crippen molar-refractivity contribution in [2.45, 2.75) is 50.6 Å². The Morgan fingerprint density at radius 2 is 1.93 bits per heavy atom. The lowest BCUT2D eigenvalue weighted by atomic mass is 9.96. The number of phenols is 1. The number of Topliss-reactive ketones (excluding diaryl/α,β-unsaturated/α-hetero) is 1. The predicted molar refractivity (Wildman–Crippen MR) is 147 cm³/mol. The van der Waals surface area contributed by atoms with Gasteiger partial charge in [0.05, 0.1) is 31.2 Å². The first-order valence-corrected chi connectivity index (χ1v) is 13.4. The number of hydrogen-bond donors (Lipinski definition) is 4. The third-order valence-corrected chi connectivity index (χ3v) is 7.95. The van der Waals surface area contributed by atoms with Gasteiger partial charge in [-0.1, -0.05) is 24.1 Å². The van der Waals surface area contributed by atoms with E-state index in [0.717, 1.165) is 11.1 Å². The van der Waals surface area contributed by atoms with E-state index in [1.54, 1.807) is 31.2 Å². The van der Waals surface area contributed by atoms with E-state index in [-0.39, 0.29) is 47.9 Å². The van der Waals surface area contributed by atoms with Gasteiger partial charge in [0.1, 0.15) is 35.6 Å². The lowest BCUT2D eigenvalue weighted by molar-refractivity contribution is -0.276. The van der Waals surface area contributed by atoms with Gasteiger partial charge in [0, 0.05) is 24.6 Å². The molecule has 3 aromatic carbocycles. The molecule has 1 amide bonds. The SMILES string of the molecule is COc1cc2c3c(O)c(c(C)cc3c1)C(=O)CN1Cc3c(cccc3C1=O)CC#CO[C@H]1[C@@H](O)[C@@H](O2)O[C@H](CO)[C@H]1O. The number of hydrogen-bond acceptors (Lipinski definition) is 10. The zero-order valence-corrected chi connectivity index (χ0v) is 22.9. The minimum atomic E-state index is -1.57. The van der Waals surface area contributed by atoms with Gasteiger partial charge in [-0.2, -0.15) is 0 Å².